The van der Waals surface area contributed by atoms with Crippen LogP contribution in [-0.4, -0.2) is 46.9 Å². The van der Waals surface area contributed by atoms with Crippen LogP contribution in [0.3, 0.4) is 0 Å². The highest BCUT2D eigenvalue weighted by atomic mass is 19.4. The number of piperidine rings is 1. The van der Waals surface area contributed by atoms with Crippen LogP contribution in [0.1, 0.15) is 53.0 Å². The van der Waals surface area contributed by atoms with Crippen molar-refractivity contribution in [2.45, 2.75) is 49.7 Å². The lowest BCUT2D eigenvalue weighted by Crippen LogP contribution is -2.43. The van der Waals surface area contributed by atoms with E-state index in [9.17, 15) is 31.4 Å². The maximum atomic E-state index is 13.3. The third-order valence-electron chi connectivity index (χ3n) is 8.38. The number of nitrogens with zero attached hydrogens (tertiary/aromatic N) is 2. The predicted molar refractivity (Wildman–Crippen MR) is 159 cm³/mol. The topological polar surface area (TPSA) is 69.4 Å². The molecule has 1 atom stereocenters. The standard InChI is InChI=1S/C34H33F6N3O2/c35-33(36,37)25-18-23(19-26(20-25)34(38,39)40)21-45-22-30(41)28(27-10-14-42-31-9-5-4-8-29(27)31)11-15-43-16-12-32(44,13-17-43)24-6-2-1-3-7-24/h1-10,14,18-20,28,41,44H,11-13,15-17,21-22H2. The normalized spacial score (nSPS) is 16.5. The van der Waals surface area contributed by atoms with Crippen molar-refractivity contribution in [3.63, 3.8) is 0 Å². The molecular formula is C34H33F6N3O2. The number of likely N-dealkylation sites (tertiary alicyclic amines) is 1. The van der Waals surface area contributed by atoms with Crippen LogP contribution >= 0.6 is 0 Å². The highest BCUT2D eigenvalue weighted by Crippen LogP contribution is 2.37. The first kappa shape index (κ1) is 32.6. The van der Waals surface area contributed by atoms with E-state index in [-0.39, 0.29) is 23.9 Å². The Bertz CT molecular complexity index is 1580. The molecule has 0 spiro atoms. The van der Waals surface area contributed by atoms with Crippen molar-refractivity contribution < 1.29 is 36.2 Å². The van der Waals surface area contributed by atoms with Gasteiger partial charge in [0.15, 0.2) is 0 Å². The van der Waals surface area contributed by atoms with E-state index in [2.05, 4.69) is 9.88 Å². The molecule has 2 N–H and O–H groups in total. The smallest absolute Gasteiger partial charge is 0.385 e. The fourth-order valence-corrected chi connectivity index (χ4v) is 5.92. The fourth-order valence-electron chi connectivity index (χ4n) is 5.92. The Balaban J connectivity index is 1.30. The molecule has 3 aromatic carbocycles. The highest BCUT2D eigenvalue weighted by molar-refractivity contribution is 5.94. The molecule has 0 bridgehead atoms. The summed E-state index contributed by atoms with van der Waals surface area (Å²) in [6.45, 7) is 1.10. The van der Waals surface area contributed by atoms with Crippen LogP contribution < -0.4 is 0 Å². The number of alkyl halides is 6. The lowest BCUT2D eigenvalue weighted by Gasteiger charge is -2.39. The first-order valence-electron chi connectivity index (χ1n) is 14.6. The van der Waals surface area contributed by atoms with Gasteiger partial charge in [0.05, 0.1) is 35.5 Å². The number of nitrogens with one attached hydrogen (secondary N) is 1. The van der Waals surface area contributed by atoms with Crippen molar-refractivity contribution in [3.05, 3.63) is 113 Å². The molecule has 1 saturated heterocycles. The van der Waals surface area contributed by atoms with E-state index < -0.39 is 41.6 Å². The number of aromatic nitrogens is 1. The first-order valence-corrected chi connectivity index (χ1v) is 14.6. The van der Waals surface area contributed by atoms with Crippen LogP contribution in [0.25, 0.3) is 10.9 Å². The summed E-state index contributed by atoms with van der Waals surface area (Å²) in [7, 11) is 0. The van der Waals surface area contributed by atoms with Gasteiger partial charge in [0.2, 0.25) is 0 Å². The van der Waals surface area contributed by atoms with Crippen molar-refractivity contribution in [1.29, 1.82) is 5.41 Å². The first-order chi connectivity index (χ1) is 21.3. The molecule has 5 nitrogen and oxygen atoms in total. The molecule has 5 rings (SSSR count). The zero-order chi connectivity index (χ0) is 32.2. The molecule has 0 amide bonds. The fraction of sp³-hybridized carbons (Fsp3) is 0.353. The van der Waals surface area contributed by atoms with Gasteiger partial charge in [-0.1, -0.05) is 48.5 Å². The maximum absolute atomic E-state index is 13.3. The lowest BCUT2D eigenvalue weighted by molar-refractivity contribution is -0.143. The third-order valence-corrected chi connectivity index (χ3v) is 8.38. The summed E-state index contributed by atoms with van der Waals surface area (Å²) in [5.41, 5.74) is -1.40. The van der Waals surface area contributed by atoms with Crippen LogP contribution in [0.15, 0.2) is 85.1 Å². The van der Waals surface area contributed by atoms with E-state index >= 15 is 0 Å². The van der Waals surface area contributed by atoms with Crippen LogP contribution in [0.2, 0.25) is 0 Å². The van der Waals surface area contributed by atoms with E-state index in [1.807, 2.05) is 60.7 Å². The summed E-state index contributed by atoms with van der Waals surface area (Å²) >= 11 is 0. The number of aliphatic hydroxyl groups is 1. The third kappa shape index (κ3) is 7.89. The van der Waals surface area contributed by atoms with E-state index in [0.717, 1.165) is 22.0 Å². The molecular weight excluding hydrogens is 596 g/mol. The number of rotatable bonds is 10. The van der Waals surface area contributed by atoms with Gasteiger partial charge in [-0.25, -0.2) is 0 Å². The number of fused-ring (bicyclic) bond motifs is 1. The second-order valence-electron chi connectivity index (χ2n) is 11.4. The quantitative estimate of drug-likeness (QED) is 0.138. The Kier molecular flexibility index (Phi) is 9.62. The second-order valence-corrected chi connectivity index (χ2v) is 11.4. The number of pyridine rings is 1. The van der Waals surface area contributed by atoms with Crippen molar-refractivity contribution in [3.8, 4) is 0 Å². The summed E-state index contributed by atoms with van der Waals surface area (Å²) in [4.78, 5) is 6.64. The molecule has 0 saturated carbocycles. The number of para-hydroxylation sites is 1. The monoisotopic (exact) mass is 629 g/mol. The molecule has 1 aliphatic rings. The second kappa shape index (κ2) is 13.3. The molecule has 1 aliphatic heterocycles. The van der Waals surface area contributed by atoms with Gasteiger partial charge in [-0.15, -0.1) is 0 Å². The molecule has 1 aromatic heterocycles. The van der Waals surface area contributed by atoms with Gasteiger partial charge < -0.3 is 20.2 Å². The minimum atomic E-state index is -4.96. The molecule has 11 heteroatoms. The van der Waals surface area contributed by atoms with Crippen molar-refractivity contribution >= 4 is 16.6 Å². The van der Waals surface area contributed by atoms with Gasteiger partial charge in [0, 0.05) is 36.3 Å². The minimum Gasteiger partial charge on any atom is -0.385 e. The Morgan fingerprint density at radius 2 is 1.51 bits per heavy atom. The lowest BCUT2D eigenvalue weighted by atomic mass is 9.84. The Labute approximate surface area is 257 Å². The molecule has 238 valence electrons. The molecule has 1 unspecified atom stereocenters. The summed E-state index contributed by atoms with van der Waals surface area (Å²) < 4.78 is 85.4. The zero-order valence-electron chi connectivity index (χ0n) is 24.3. The molecule has 0 aliphatic carbocycles. The minimum absolute atomic E-state index is 0.0808. The van der Waals surface area contributed by atoms with E-state index in [1.54, 1.807) is 6.20 Å². The van der Waals surface area contributed by atoms with Gasteiger partial charge in [-0.2, -0.15) is 26.3 Å². The SMILES string of the molecule is N=C(COCc1cc(C(F)(F)F)cc(C(F)(F)F)c1)C(CCN1CCC(O)(c2ccccc2)CC1)c1ccnc2ccccc12. The molecule has 0 radical (unpaired) electrons. The Morgan fingerprint density at radius 1 is 0.889 bits per heavy atom. The summed E-state index contributed by atoms with van der Waals surface area (Å²) in [5.74, 6) is -0.444. The van der Waals surface area contributed by atoms with Gasteiger partial charge >= 0.3 is 12.4 Å². The van der Waals surface area contributed by atoms with Gasteiger partial charge in [-0.05, 0) is 72.8 Å². The number of hydrogen-bond acceptors (Lipinski definition) is 5. The largest absolute Gasteiger partial charge is 0.416 e. The summed E-state index contributed by atoms with van der Waals surface area (Å²) in [5, 5.41) is 21.0. The van der Waals surface area contributed by atoms with E-state index in [1.165, 1.54) is 0 Å². The van der Waals surface area contributed by atoms with Gasteiger partial charge in [0.1, 0.15) is 0 Å². The number of ether oxygens (including phenoxy) is 1. The highest BCUT2D eigenvalue weighted by Gasteiger charge is 2.37. The van der Waals surface area contributed by atoms with Crippen molar-refractivity contribution in [1.82, 2.24) is 9.88 Å². The van der Waals surface area contributed by atoms with E-state index in [4.69, 9.17) is 10.1 Å². The zero-order valence-corrected chi connectivity index (χ0v) is 24.3. The summed E-state index contributed by atoms with van der Waals surface area (Å²) in [6, 6.07) is 20.2. The van der Waals surface area contributed by atoms with Crippen molar-refractivity contribution in [2.24, 2.45) is 0 Å². The number of hydrogen-bond donors (Lipinski definition) is 2. The average Bonchev–Trinajstić information content (AvgIpc) is 3.01. The van der Waals surface area contributed by atoms with Crippen LogP contribution in [-0.2, 0) is 29.3 Å². The van der Waals surface area contributed by atoms with Crippen molar-refractivity contribution in [2.75, 3.05) is 26.2 Å². The Hall–Kier alpha value is -3.80. The van der Waals surface area contributed by atoms with Crippen LogP contribution in [0, 0.1) is 5.41 Å². The molecule has 4 aromatic rings. The molecule has 2 heterocycles. The van der Waals surface area contributed by atoms with Crippen LogP contribution in [0.5, 0.6) is 0 Å². The predicted octanol–water partition coefficient (Wildman–Crippen LogP) is 7.97. The average molecular weight is 630 g/mol. The number of benzene rings is 3. The van der Waals surface area contributed by atoms with Gasteiger partial charge in [-0.3, -0.25) is 4.98 Å². The van der Waals surface area contributed by atoms with Crippen LogP contribution in [0.4, 0.5) is 26.3 Å². The van der Waals surface area contributed by atoms with Gasteiger partial charge in [0.25, 0.3) is 0 Å². The molecule has 45 heavy (non-hydrogen) atoms. The maximum Gasteiger partial charge on any atom is 0.416 e. The Morgan fingerprint density at radius 3 is 2.16 bits per heavy atom. The molecule has 1 fully saturated rings. The number of halogens is 6. The van der Waals surface area contributed by atoms with E-state index in [0.29, 0.717) is 51.0 Å². The summed E-state index contributed by atoms with van der Waals surface area (Å²) in [6.07, 6.45) is -6.64.